The van der Waals surface area contributed by atoms with Gasteiger partial charge in [0.15, 0.2) is 0 Å². The summed E-state index contributed by atoms with van der Waals surface area (Å²) in [6.45, 7) is 4.22. The number of hydrogen-bond donors (Lipinski definition) is 1. The molecule has 0 aromatic heterocycles. The zero-order chi connectivity index (χ0) is 15.7. The molecule has 1 aromatic carbocycles. The van der Waals surface area contributed by atoms with Gasteiger partial charge in [0, 0.05) is 11.7 Å². The lowest BCUT2D eigenvalue weighted by Crippen LogP contribution is -2.39. The summed E-state index contributed by atoms with van der Waals surface area (Å²) in [5.41, 5.74) is -0.521. The Kier molecular flexibility index (Phi) is 4.40. The predicted molar refractivity (Wildman–Crippen MR) is 77.7 cm³/mol. The molecule has 1 saturated carbocycles. The molecule has 0 aliphatic heterocycles. The van der Waals surface area contributed by atoms with Gasteiger partial charge in [-0.05, 0) is 36.5 Å². The first kappa shape index (κ1) is 16.0. The predicted octanol–water partition coefficient (Wildman–Crippen LogP) is 5.09. The van der Waals surface area contributed by atoms with Crippen LogP contribution in [0.5, 0.6) is 5.75 Å². The van der Waals surface area contributed by atoms with Crippen molar-refractivity contribution in [1.82, 2.24) is 0 Å². The minimum Gasteiger partial charge on any atom is -0.497 e. The second-order valence-electron chi connectivity index (χ2n) is 6.34. The van der Waals surface area contributed by atoms with Crippen LogP contribution in [0.1, 0.15) is 45.1 Å². The molecule has 1 aromatic rings. The van der Waals surface area contributed by atoms with Gasteiger partial charge < -0.3 is 10.1 Å². The average Bonchev–Trinajstić information content (AvgIpc) is 2.40. The fourth-order valence-electron chi connectivity index (χ4n) is 2.96. The van der Waals surface area contributed by atoms with Gasteiger partial charge in [-0.25, -0.2) is 0 Å². The summed E-state index contributed by atoms with van der Waals surface area (Å²) in [5, 5.41) is 3.12. The van der Waals surface area contributed by atoms with Gasteiger partial charge in [0.25, 0.3) is 0 Å². The molecule has 0 heterocycles. The van der Waals surface area contributed by atoms with Gasteiger partial charge in [0.1, 0.15) is 5.75 Å². The maximum Gasteiger partial charge on any atom is 0.418 e. The van der Waals surface area contributed by atoms with E-state index in [0.717, 1.165) is 31.7 Å². The maximum atomic E-state index is 13.2. The Morgan fingerprint density at radius 2 is 1.95 bits per heavy atom. The molecule has 1 unspecified atom stereocenters. The Hall–Kier alpha value is -1.39. The van der Waals surface area contributed by atoms with Crippen LogP contribution in [0.2, 0.25) is 0 Å². The van der Waals surface area contributed by atoms with Gasteiger partial charge in [-0.3, -0.25) is 0 Å². The number of ether oxygens (including phenoxy) is 1. The van der Waals surface area contributed by atoms with E-state index >= 15 is 0 Å². The van der Waals surface area contributed by atoms with Crippen LogP contribution in [0.15, 0.2) is 18.2 Å². The Morgan fingerprint density at radius 3 is 2.52 bits per heavy atom. The van der Waals surface area contributed by atoms with E-state index in [1.807, 2.05) is 0 Å². The number of hydrogen-bond acceptors (Lipinski definition) is 2. The molecule has 0 radical (unpaired) electrons. The van der Waals surface area contributed by atoms with Crippen molar-refractivity contribution < 1.29 is 17.9 Å². The largest absolute Gasteiger partial charge is 0.497 e. The number of benzene rings is 1. The molecule has 0 spiro atoms. The van der Waals surface area contributed by atoms with E-state index < -0.39 is 11.7 Å². The van der Waals surface area contributed by atoms with E-state index in [1.54, 1.807) is 6.07 Å². The summed E-state index contributed by atoms with van der Waals surface area (Å²) in [4.78, 5) is 0. The van der Waals surface area contributed by atoms with Crippen molar-refractivity contribution in [2.24, 2.45) is 5.41 Å². The van der Waals surface area contributed by atoms with Gasteiger partial charge >= 0.3 is 6.18 Å². The van der Waals surface area contributed by atoms with E-state index in [0.29, 0.717) is 0 Å². The van der Waals surface area contributed by atoms with E-state index in [9.17, 15) is 13.2 Å². The van der Waals surface area contributed by atoms with E-state index in [2.05, 4.69) is 19.2 Å². The van der Waals surface area contributed by atoms with Gasteiger partial charge in [0.2, 0.25) is 0 Å². The molecule has 0 saturated heterocycles. The number of alkyl halides is 3. The number of anilines is 1. The molecule has 5 heteroatoms. The van der Waals surface area contributed by atoms with Crippen LogP contribution in [0.4, 0.5) is 18.9 Å². The zero-order valence-electron chi connectivity index (χ0n) is 12.7. The standard InChI is InChI=1S/C16H22F3NO/c1-15(2)9-5-4-6-14(15)20-13-8-7-11(21-3)10-12(13)16(17,18)19/h7-8,10,14,20H,4-6,9H2,1-3H3. The Balaban J connectivity index is 2.31. The lowest BCUT2D eigenvalue weighted by atomic mass is 9.73. The average molecular weight is 301 g/mol. The molecular weight excluding hydrogens is 279 g/mol. The maximum absolute atomic E-state index is 13.2. The molecule has 0 bridgehead atoms. The van der Waals surface area contributed by atoms with Gasteiger partial charge in [-0.2, -0.15) is 13.2 Å². The summed E-state index contributed by atoms with van der Waals surface area (Å²) in [6.07, 6.45) is -0.271. The van der Waals surface area contributed by atoms with Crippen molar-refractivity contribution in [1.29, 1.82) is 0 Å². The summed E-state index contributed by atoms with van der Waals surface area (Å²) < 4.78 is 44.6. The second-order valence-corrected chi connectivity index (χ2v) is 6.34. The van der Waals surface area contributed by atoms with E-state index in [1.165, 1.54) is 13.2 Å². The van der Waals surface area contributed by atoms with Crippen molar-refractivity contribution in [3.63, 3.8) is 0 Å². The number of halogens is 3. The van der Waals surface area contributed by atoms with Crippen LogP contribution in [-0.4, -0.2) is 13.2 Å². The molecule has 2 nitrogen and oxygen atoms in total. The summed E-state index contributed by atoms with van der Waals surface area (Å²) in [6, 6.07) is 4.14. The van der Waals surface area contributed by atoms with Crippen LogP contribution < -0.4 is 10.1 Å². The molecule has 1 atom stereocenters. The van der Waals surface area contributed by atoms with Crippen LogP contribution in [0.3, 0.4) is 0 Å². The molecule has 0 amide bonds. The van der Waals surface area contributed by atoms with Crippen molar-refractivity contribution in [2.45, 2.75) is 51.7 Å². The lowest BCUT2D eigenvalue weighted by Gasteiger charge is -2.40. The smallest absolute Gasteiger partial charge is 0.418 e. The fourth-order valence-corrected chi connectivity index (χ4v) is 2.96. The molecule has 118 valence electrons. The fraction of sp³-hybridized carbons (Fsp3) is 0.625. The minimum atomic E-state index is -4.39. The Morgan fingerprint density at radius 1 is 1.24 bits per heavy atom. The first-order valence-corrected chi connectivity index (χ1v) is 7.26. The highest BCUT2D eigenvalue weighted by Crippen LogP contribution is 2.41. The summed E-state index contributed by atoms with van der Waals surface area (Å²) in [7, 11) is 1.37. The van der Waals surface area contributed by atoms with Crippen LogP contribution in [0, 0.1) is 5.41 Å². The highest BCUT2D eigenvalue weighted by Gasteiger charge is 2.37. The molecule has 1 N–H and O–H groups in total. The van der Waals surface area contributed by atoms with Crippen LogP contribution >= 0.6 is 0 Å². The van der Waals surface area contributed by atoms with Gasteiger partial charge in [-0.15, -0.1) is 0 Å². The highest BCUT2D eigenvalue weighted by molar-refractivity contribution is 5.56. The Labute approximate surface area is 123 Å². The quantitative estimate of drug-likeness (QED) is 0.839. The Bertz CT molecular complexity index is 497. The molecule has 1 aliphatic rings. The molecule has 1 aliphatic carbocycles. The summed E-state index contributed by atoms with van der Waals surface area (Å²) in [5.74, 6) is 0.218. The normalized spacial score (nSPS) is 21.9. The number of nitrogens with one attached hydrogen (secondary N) is 1. The van der Waals surface area contributed by atoms with Gasteiger partial charge in [-0.1, -0.05) is 26.7 Å². The van der Waals surface area contributed by atoms with Crippen molar-refractivity contribution >= 4 is 5.69 Å². The van der Waals surface area contributed by atoms with Crippen molar-refractivity contribution in [3.8, 4) is 5.75 Å². The third-order valence-electron chi connectivity index (χ3n) is 4.37. The lowest BCUT2D eigenvalue weighted by molar-refractivity contribution is -0.137. The third-order valence-corrected chi connectivity index (χ3v) is 4.37. The zero-order valence-corrected chi connectivity index (χ0v) is 12.7. The first-order chi connectivity index (χ1) is 9.74. The topological polar surface area (TPSA) is 21.3 Å². The van der Waals surface area contributed by atoms with Crippen LogP contribution in [-0.2, 0) is 6.18 Å². The first-order valence-electron chi connectivity index (χ1n) is 7.26. The number of methoxy groups -OCH3 is 1. The monoisotopic (exact) mass is 301 g/mol. The molecule has 21 heavy (non-hydrogen) atoms. The van der Waals surface area contributed by atoms with E-state index in [-0.39, 0.29) is 22.9 Å². The van der Waals surface area contributed by atoms with Gasteiger partial charge in [0.05, 0.1) is 12.7 Å². The highest BCUT2D eigenvalue weighted by atomic mass is 19.4. The SMILES string of the molecule is COc1ccc(NC2CCCCC2(C)C)c(C(F)(F)F)c1. The molecular formula is C16H22F3NO. The van der Waals surface area contributed by atoms with Crippen molar-refractivity contribution in [3.05, 3.63) is 23.8 Å². The van der Waals surface area contributed by atoms with Crippen LogP contribution in [0.25, 0.3) is 0 Å². The van der Waals surface area contributed by atoms with Crippen molar-refractivity contribution in [2.75, 3.05) is 12.4 Å². The minimum absolute atomic E-state index is 0.00104. The molecule has 1 fully saturated rings. The number of rotatable bonds is 3. The van der Waals surface area contributed by atoms with E-state index in [4.69, 9.17) is 4.74 Å². The third kappa shape index (κ3) is 3.63. The summed E-state index contributed by atoms with van der Waals surface area (Å²) >= 11 is 0. The molecule has 2 rings (SSSR count). The second kappa shape index (κ2) is 5.78.